The second kappa shape index (κ2) is 9.40. The molecule has 0 spiro atoms. The molecule has 0 fully saturated rings. The molecule has 0 saturated carbocycles. The molecule has 28 heavy (non-hydrogen) atoms. The quantitative estimate of drug-likeness (QED) is 0.634. The van der Waals surface area contributed by atoms with Gasteiger partial charge in [0, 0.05) is 29.2 Å². The lowest BCUT2D eigenvalue weighted by atomic mass is 10.2. The lowest BCUT2D eigenvalue weighted by Crippen LogP contribution is -2.31. The Morgan fingerprint density at radius 1 is 1.07 bits per heavy atom. The van der Waals surface area contributed by atoms with E-state index in [0.717, 1.165) is 0 Å². The fourth-order valence-corrected chi connectivity index (χ4v) is 4.63. The number of methoxy groups -OCH3 is 2. The van der Waals surface area contributed by atoms with Crippen molar-refractivity contribution in [1.82, 2.24) is 4.31 Å². The van der Waals surface area contributed by atoms with Crippen LogP contribution in [0.5, 0.6) is 11.5 Å². The summed E-state index contributed by atoms with van der Waals surface area (Å²) in [5.74, 6) is 0.316. The molecule has 152 valence electrons. The number of benzene rings is 2. The van der Waals surface area contributed by atoms with Crippen molar-refractivity contribution in [3.63, 3.8) is 0 Å². The van der Waals surface area contributed by atoms with E-state index >= 15 is 0 Å². The Bertz CT molecular complexity index is 959. The normalized spacial score (nSPS) is 11.4. The van der Waals surface area contributed by atoms with E-state index < -0.39 is 15.9 Å². The summed E-state index contributed by atoms with van der Waals surface area (Å²) >= 11 is 3.37. The van der Waals surface area contributed by atoms with Crippen LogP contribution in [0.3, 0.4) is 0 Å². The number of nitrogens with zero attached hydrogens (tertiary/aromatic N) is 1. The molecule has 2 aromatic rings. The van der Waals surface area contributed by atoms with Gasteiger partial charge in [-0.3, -0.25) is 4.79 Å². The van der Waals surface area contributed by atoms with Crippen molar-refractivity contribution in [1.29, 1.82) is 0 Å². The van der Waals surface area contributed by atoms with Crippen LogP contribution in [0.4, 0.5) is 5.69 Å². The van der Waals surface area contributed by atoms with Gasteiger partial charge in [0.1, 0.15) is 16.4 Å². The molecule has 1 amide bonds. The number of hydrogen-bond donors (Lipinski definition) is 1. The molecule has 0 aliphatic heterocycles. The van der Waals surface area contributed by atoms with Crippen LogP contribution in [0.1, 0.15) is 24.2 Å². The van der Waals surface area contributed by atoms with Gasteiger partial charge in [-0.1, -0.05) is 13.8 Å². The van der Waals surface area contributed by atoms with E-state index in [1.807, 2.05) is 0 Å². The molecule has 0 unspecified atom stereocenters. The van der Waals surface area contributed by atoms with Crippen molar-refractivity contribution >= 4 is 37.5 Å². The van der Waals surface area contributed by atoms with Crippen LogP contribution in [0, 0.1) is 0 Å². The Morgan fingerprint density at radius 2 is 1.75 bits per heavy atom. The number of rotatable bonds is 8. The highest BCUT2D eigenvalue weighted by Gasteiger charge is 2.27. The van der Waals surface area contributed by atoms with Gasteiger partial charge in [-0.15, -0.1) is 0 Å². The molecule has 0 aliphatic rings. The van der Waals surface area contributed by atoms with Gasteiger partial charge in [0.05, 0.1) is 19.9 Å². The standard InChI is InChI=1S/C19H23BrN2O5S/c1-5-22(6-2)28(24,25)18-11-13(7-10-17(18)27-4)19(23)21-16-12-14(26-3)8-9-15(16)20/h7-12H,5-6H2,1-4H3,(H,21,23). The van der Waals surface area contributed by atoms with Gasteiger partial charge in [0.25, 0.3) is 5.91 Å². The number of sulfonamides is 1. The van der Waals surface area contributed by atoms with Crippen molar-refractivity contribution in [3.8, 4) is 11.5 Å². The minimum Gasteiger partial charge on any atom is -0.497 e. The zero-order valence-electron chi connectivity index (χ0n) is 16.2. The molecule has 0 atom stereocenters. The highest BCUT2D eigenvalue weighted by Crippen LogP contribution is 2.30. The van der Waals surface area contributed by atoms with Gasteiger partial charge < -0.3 is 14.8 Å². The Balaban J connectivity index is 2.43. The molecule has 2 aromatic carbocycles. The zero-order valence-corrected chi connectivity index (χ0v) is 18.6. The molecule has 0 radical (unpaired) electrons. The van der Waals surface area contributed by atoms with E-state index in [4.69, 9.17) is 9.47 Å². The summed E-state index contributed by atoms with van der Waals surface area (Å²) in [4.78, 5) is 12.7. The fourth-order valence-electron chi connectivity index (χ4n) is 2.64. The molecule has 9 heteroatoms. The SMILES string of the molecule is CCN(CC)S(=O)(=O)c1cc(C(=O)Nc2cc(OC)ccc2Br)ccc1OC. The molecule has 0 heterocycles. The minimum absolute atomic E-state index is 0.0453. The molecule has 2 rings (SSSR count). The average molecular weight is 471 g/mol. The van der Waals surface area contributed by atoms with E-state index in [-0.39, 0.29) is 16.2 Å². The lowest BCUT2D eigenvalue weighted by Gasteiger charge is -2.20. The van der Waals surface area contributed by atoms with Gasteiger partial charge in [0.2, 0.25) is 10.0 Å². The summed E-state index contributed by atoms with van der Waals surface area (Å²) in [6.07, 6.45) is 0. The number of anilines is 1. The average Bonchev–Trinajstić information content (AvgIpc) is 2.69. The fraction of sp³-hybridized carbons (Fsp3) is 0.316. The first-order valence-electron chi connectivity index (χ1n) is 8.61. The van der Waals surface area contributed by atoms with Crippen LogP contribution in [0.2, 0.25) is 0 Å². The van der Waals surface area contributed by atoms with Crippen LogP contribution in [0.25, 0.3) is 0 Å². The first kappa shape index (κ1) is 22.2. The molecular formula is C19H23BrN2O5S. The molecule has 0 aromatic heterocycles. The van der Waals surface area contributed by atoms with Gasteiger partial charge in [-0.2, -0.15) is 4.31 Å². The highest BCUT2D eigenvalue weighted by atomic mass is 79.9. The predicted octanol–water partition coefficient (Wildman–Crippen LogP) is 3.75. The number of carbonyl (C=O) groups is 1. The van der Waals surface area contributed by atoms with Crippen LogP contribution < -0.4 is 14.8 Å². The van der Waals surface area contributed by atoms with E-state index in [9.17, 15) is 13.2 Å². The molecule has 7 nitrogen and oxygen atoms in total. The third-order valence-electron chi connectivity index (χ3n) is 4.17. The summed E-state index contributed by atoms with van der Waals surface area (Å²) in [7, 11) is -0.870. The van der Waals surface area contributed by atoms with Gasteiger partial charge >= 0.3 is 0 Å². The summed E-state index contributed by atoms with van der Waals surface area (Å²) in [5, 5.41) is 2.76. The van der Waals surface area contributed by atoms with Crippen molar-refractivity contribution in [3.05, 3.63) is 46.4 Å². The van der Waals surface area contributed by atoms with Crippen molar-refractivity contribution < 1.29 is 22.7 Å². The summed E-state index contributed by atoms with van der Waals surface area (Å²) in [5.41, 5.74) is 0.703. The third kappa shape index (κ3) is 4.65. The second-order valence-electron chi connectivity index (χ2n) is 5.75. The van der Waals surface area contributed by atoms with E-state index in [2.05, 4.69) is 21.2 Å². The van der Waals surface area contributed by atoms with Gasteiger partial charge in [-0.05, 0) is 46.3 Å². The van der Waals surface area contributed by atoms with E-state index in [1.165, 1.54) is 36.7 Å². The molecular weight excluding hydrogens is 448 g/mol. The number of carbonyl (C=O) groups excluding carboxylic acids is 1. The number of halogens is 1. The maximum atomic E-state index is 12.9. The van der Waals surface area contributed by atoms with Crippen molar-refractivity contribution in [2.45, 2.75) is 18.7 Å². The Morgan fingerprint density at radius 3 is 2.32 bits per heavy atom. The van der Waals surface area contributed by atoms with Crippen LogP contribution in [-0.4, -0.2) is 45.9 Å². The Labute approximate surface area is 173 Å². The largest absolute Gasteiger partial charge is 0.497 e. The van der Waals surface area contributed by atoms with Crippen molar-refractivity contribution in [2.24, 2.45) is 0 Å². The minimum atomic E-state index is -3.79. The van der Waals surface area contributed by atoms with Crippen LogP contribution >= 0.6 is 15.9 Å². The topological polar surface area (TPSA) is 84.9 Å². The first-order valence-corrected chi connectivity index (χ1v) is 10.8. The lowest BCUT2D eigenvalue weighted by molar-refractivity contribution is 0.102. The molecule has 0 saturated heterocycles. The Kier molecular flexibility index (Phi) is 7.45. The third-order valence-corrected chi connectivity index (χ3v) is 6.93. The zero-order chi connectivity index (χ0) is 20.9. The molecule has 1 N–H and O–H groups in total. The number of ether oxygens (including phenoxy) is 2. The maximum absolute atomic E-state index is 12.9. The van der Waals surface area contributed by atoms with Gasteiger partial charge in [-0.25, -0.2) is 8.42 Å². The number of amides is 1. The van der Waals surface area contributed by atoms with Crippen LogP contribution in [-0.2, 0) is 10.0 Å². The second-order valence-corrected chi connectivity index (χ2v) is 8.52. The van der Waals surface area contributed by atoms with E-state index in [0.29, 0.717) is 29.0 Å². The summed E-state index contributed by atoms with van der Waals surface area (Å²) in [6.45, 7) is 4.14. The van der Waals surface area contributed by atoms with Crippen LogP contribution in [0.15, 0.2) is 45.8 Å². The predicted molar refractivity (Wildman–Crippen MR) is 112 cm³/mol. The monoisotopic (exact) mass is 470 g/mol. The maximum Gasteiger partial charge on any atom is 0.255 e. The number of nitrogens with one attached hydrogen (secondary N) is 1. The summed E-state index contributed by atoms with van der Waals surface area (Å²) < 4.78 is 38.2. The Hall–Kier alpha value is -2.10. The molecule has 0 aliphatic carbocycles. The van der Waals surface area contributed by atoms with E-state index in [1.54, 1.807) is 32.0 Å². The molecule has 0 bridgehead atoms. The van der Waals surface area contributed by atoms with Gasteiger partial charge in [0.15, 0.2) is 0 Å². The highest BCUT2D eigenvalue weighted by molar-refractivity contribution is 9.10. The van der Waals surface area contributed by atoms with Crippen molar-refractivity contribution in [2.75, 3.05) is 32.6 Å². The smallest absolute Gasteiger partial charge is 0.255 e. The first-order chi connectivity index (χ1) is 13.3. The number of hydrogen-bond acceptors (Lipinski definition) is 5. The summed E-state index contributed by atoms with van der Waals surface area (Å²) in [6, 6.07) is 9.49.